The molecule has 0 unspecified atom stereocenters. The number of benzene rings is 2. The Labute approximate surface area is 120 Å². The van der Waals surface area contributed by atoms with Crippen LogP contribution in [-0.4, -0.2) is 14.8 Å². The van der Waals surface area contributed by atoms with Gasteiger partial charge in [0.15, 0.2) is 0 Å². The van der Waals surface area contributed by atoms with Gasteiger partial charge in [-0.3, -0.25) is 0 Å². The molecular weight excluding hydrogens is 270 g/mol. The monoisotopic (exact) mass is 283 g/mol. The number of aromatic hydroxyl groups is 2. The van der Waals surface area contributed by atoms with E-state index in [1.165, 1.54) is 11.3 Å². The van der Waals surface area contributed by atoms with Gasteiger partial charge in [0.2, 0.25) is 0 Å². The summed E-state index contributed by atoms with van der Waals surface area (Å²) >= 11 is 1.72. The van der Waals surface area contributed by atoms with Crippen LogP contribution in [0, 0.1) is 0 Å². The molecule has 3 aromatic rings. The van der Waals surface area contributed by atoms with Crippen LogP contribution < -0.4 is 0 Å². The molecule has 1 aliphatic heterocycles. The summed E-state index contributed by atoms with van der Waals surface area (Å²) in [6, 6.07) is 11.0. The SMILES string of the molecule is Cn1c2c(c3cc(O)ccc31)CSc1cc(O)ccc1-2. The van der Waals surface area contributed by atoms with Crippen LogP contribution in [0.3, 0.4) is 0 Å². The summed E-state index contributed by atoms with van der Waals surface area (Å²) < 4.78 is 2.17. The number of aromatic nitrogens is 1. The normalized spacial score (nSPS) is 13.2. The molecule has 100 valence electrons. The molecule has 2 heterocycles. The molecule has 20 heavy (non-hydrogen) atoms. The number of phenolic OH excluding ortho intramolecular Hbond substituents is 2. The summed E-state index contributed by atoms with van der Waals surface area (Å²) in [6.45, 7) is 0. The molecular formula is C16H13NO2S. The van der Waals surface area contributed by atoms with Gasteiger partial charge in [0.05, 0.1) is 5.69 Å². The fraction of sp³-hybridized carbons (Fsp3) is 0.125. The largest absolute Gasteiger partial charge is 0.508 e. The van der Waals surface area contributed by atoms with Crippen LogP contribution in [0.2, 0.25) is 0 Å². The van der Waals surface area contributed by atoms with Crippen LogP contribution in [0.5, 0.6) is 11.5 Å². The van der Waals surface area contributed by atoms with Crippen molar-refractivity contribution in [1.29, 1.82) is 0 Å². The smallest absolute Gasteiger partial charge is 0.116 e. The third-order valence-corrected chi connectivity index (χ3v) is 4.96. The molecule has 0 atom stereocenters. The van der Waals surface area contributed by atoms with Crippen molar-refractivity contribution < 1.29 is 10.2 Å². The summed E-state index contributed by atoms with van der Waals surface area (Å²) in [5, 5.41) is 20.5. The molecule has 2 aromatic carbocycles. The van der Waals surface area contributed by atoms with Gasteiger partial charge >= 0.3 is 0 Å². The first-order chi connectivity index (χ1) is 9.65. The highest BCUT2D eigenvalue weighted by molar-refractivity contribution is 7.98. The molecule has 0 fully saturated rings. The number of nitrogens with zero attached hydrogens (tertiary/aromatic N) is 1. The molecule has 0 amide bonds. The number of phenols is 2. The van der Waals surface area contributed by atoms with Gasteiger partial charge < -0.3 is 14.8 Å². The Morgan fingerprint density at radius 3 is 2.65 bits per heavy atom. The Kier molecular flexibility index (Phi) is 2.32. The number of fused-ring (bicyclic) bond motifs is 5. The summed E-state index contributed by atoms with van der Waals surface area (Å²) in [5.41, 5.74) is 4.70. The van der Waals surface area contributed by atoms with Crippen LogP contribution in [-0.2, 0) is 12.8 Å². The first-order valence-corrected chi connectivity index (χ1v) is 7.40. The lowest BCUT2D eigenvalue weighted by molar-refractivity contribution is 0.474. The van der Waals surface area contributed by atoms with Crippen molar-refractivity contribution in [2.45, 2.75) is 10.6 Å². The predicted molar refractivity (Wildman–Crippen MR) is 81.2 cm³/mol. The summed E-state index contributed by atoms with van der Waals surface area (Å²) in [5.74, 6) is 1.45. The highest BCUT2D eigenvalue weighted by Gasteiger charge is 2.23. The van der Waals surface area contributed by atoms with Crippen LogP contribution in [0.4, 0.5) is 0 Å². The van der Waals surface area contributed by atoms with E-state index in [0.717, 1.165) is 27.1 Å². The van der Waals surface area contributed by atoms with Crippen molar-refractivity contribution in [3.63, 3.8) is 0 Å². The van der Waals surface area contributed by atoms with Gasteiger partial charge in [0.25, 0.3) is 0 Å². The molecule has 0 aliphatic carbocycles. The highest BCUT2D eigenvalue weighted by Crippen LogP contribution is 2.46. The molecule has 0 spiro atoms. The van der Waals surface area contributed by atoms with E-state index < -0.39 is 0 Å². The number of hydrogen-bond donors (Lipinski definition) is 2. The second-order valence-corrected chi connectivity index (χ2v) is 6.07. The minimum Gasteiger partial charge on any atom is -0.508 e. The first kappa shape index (κ1) is 11.7. The molecule has 1 aromatic heterocycles. The standard InChI is InChI=1S/C16H13NO2S/c1-17-14-5-3-9(18)6-12(14)13-8-20-15-7-10(19)2-4-11(15)16(13)17/h2-7,18-19H,8H2,1H3. The van der Waals surface area contributed by atoms with E-state index in [-0.39, 0.29) is 0 Å². The minimum atomic E-state index is 0.299. The third kappa shape index (κ3) is 1.48. The number of rotatable bonds is 0. The van der Waals surface area contributed by atoms with E-state index >= 15 is 0 Å². The Balaban J connectivity index is 2.11. The lowest BCUT2D eigenvalue weighted by Crippen LogP contribution is -1.99. The van der Waals surface area contributed by atoms with Crippen LogP contribution >= 0.6 is 11.8 Å². The fourth-order valence-corrected chi connectivity index (χ4v) is 4.09. The van der Waals surface area contributed by atoms with Gasteiger partial charge in [-0.15, -0.1) is 11.8 Å². The Hall–Kier alpha value is -2.07. The molecule has 0 bridgehead atoms. The molecule has 0 radical (unpaired) electrons. The number of aryl methyl sites for hydroxylation is 1. The maximum atomic E-state index is 9.72. The summed E-state index contributed by atoms with van der Waals surface area (Å²) in [7, 11) is 2.05. The van der Waals surface area contributed by atoms with E-state index in [1.807, 2.05) is 31.3 Å². The van der Waals surface area contributed by atoms with Crippen LogP contribution in [0.1, 0.15) is 5.56 Å². The molecule has 0 saturated carbocycles. The first-order valence-electron chi connectivity index (χ1n) is 6.41. The highest BCUT2D eigenvalue weighted by atomic mass is 32.2. The zero-order valence-electron chi connectivity index (χ0n) is 10.9. The van der Waals surface area contributed by atoms with E-state index in [4.69, 9.17) is 0 Å². The van der Waals surface area contributed by atoms with Gasteiger partial charge in [-0.05, 0) is 42.0 Å². The topological polar surface area (TPSA) is 45.4 Å². The summed E-state index contributed by atoms with van der Waals surface area (Å²) in [4.78, 5) is 1.10. The zero-order valence-corrected chi connectivity index (χ0v) is 11.7. The van der Waals surface area contributed by atoms with Crippen molar-refractivity contribution in [2.75, 3.05) is 0 Å². The maximum Gasteiger partial charge on any atom is 0.116 e. The van der Waals surface area contributed by atoms with Gasteiger partial charge in [0.1, 0.15) is 11.5 Å². The Morgan fingerprint density at radius 1 is 1.05 bits per heavy atom. The molecule has 0 saturated heterocycles. The second-order valence-electron chi connectivity index (χ2n) is 5.06. The molecule has 4 heteroatoms. The maximum absolute atomic E-state index is 9.72. The molecule has 1 aliphatic rings. The molecule has 4 rings (SSSR count). The minimum absolute atomic E-state index is 0.299. The van der Waals surface area contributed by atoms with Crippen molar-refractivity contribution in [3.05, 3.63) is 42.0 Å². The number of thioether (sulfide) groups is 1. The lowest BCUT2D eigenvalue weighted by Gasteiger charge is -2.18. The van der Waals surface area contributed by atoms with Crippen molar-refractivity contribution in [2.24, 2.45) is 7.05 Å². The van der Waals surface area contributed by atoms with Crippen molar-refractivity contribution in [1.82, 2.24) is 4.57 Å². The van der Waals surface area contributed by atoms with E-state index in [2.05, 4.69) is 4.57 Å². The quantitative estimate of drug-likeness (QED) is 0.658. The molecule has 3 nitrogen and oxygen atoms in total. The van der Waals surface area contributed by atoms with E-state index in [9.17, 15) is 10.2 Å². The number of hydrogen-bond acceptors (Lipinski definition) is 3. The zero-order chi connectivity index (χ0) is 13.9. The average molecular weight is 283 g/mol. The molecule has 2 N–H and O–H groups in total. The van der Waals surface area contributed by atoms with Gasteiger partial charge in [-0.1, -0.05) is 0 Å². The van der Waals surface area contributed by atoms with Crippen molar-refractivity contribution in [3.8, 4) is 22.8 Å². The van der Waals surface area contributed by atoms with Crippen molar-refractivity contribution >= 4 is 22.7 Å². The van der Waals surface area contributed by atoms with Gasteiger partial charge in [-0.25, -0.2) is 0 Å². The van der Waals surface area contributed by atoms with Crippen LogP contribution in [0.25, 0.3) is 22.2 Å². The van der Waals surface area contributed by atoms with Crippen LogP contribution in [0.15, 0.2) is 41.3 Å². The average Bonchev–Trinajstić information content (AvgIpc) is 2.71. The lowest BCUT2D eigenvalue weighted by atomic mass is 10.1. The Morgan fingerprint density at radius 2 is 1.80 bits per heavy atom. The van der Waals surface area contributed by atoms with E-state index in [1.54, 1.807) is 23.9 Å². The predicted octanol–water partition coefficient (Wildman–Crippen LogP) is 3.86. The van der Waals surface area contributed by atoms with E-state index in [0.29, 0.717) is 11.5 Å². The van der Waals surface area contributed by atoms with Gasteiger partial charge in [-0.2, -0.15) is 0 Å². The Bertz CT molecular complexity index is 851. The third-order valence-electron chi connectivity index (χ3n) is 3.88. The van der Waals surface area contributed by atoms with Gasteiger partial charge in [0, 0.05) is 34.2 Å². The fourth-order valence-electron chi connectivity index (χ4n) is 2.97. The summed E-state index contributed by atoms with van der Waals surface area (Å²) in [6.07, 6.45) is 0. The second kappa shape index (κ2) is 3.96.